The SMILES string of the molecule is CC(=O)N(CC(=O)NC1CCCC1)c1ccc(C(C)(C)C)cc1. The Morgan fingerprint density at radius 1 is 1.13 bits per heavy atom. The molecule has 2 amide bonds. The first-order valence-electron chi connectivity index (χ1n) is 8.45. The van der Waals surface area contributed by atoms with Gasteiger partial charge in [-0.1, -0.05) is 45.7 Å². The average Bonchev–Trinajstić information content (AvgIpc) is 2.96. The minimum Gasteiger partial charge on any atom is -0.352 e. The maximum atomic E-state index is 12.2. The summed E-state index contributed by atoms with van der Waals surface area (Å²) in [5.41, 5.74) is 2.05. The molecule has 0 spiro atoms. The second-order valence-corrected chi connectivity index (χ2v) is 7.45. The second-order valence-electron chi connectivity index (χ2n) is 7.45. The Kier molecular flexibility index (Phi) is 5.45. The van der Waals surface area contributed by atoms with E-state index in [1.165, 1.54) is 30.2 Å². The van der Waals surface area contributed by atoms with Crippen LogP contribution >= 0.6 is 0 Å². The molecule has 1 saturated carbocycles. The zero-order valence-corrected chi connectivity index (χ0v) is 14.7. The molecule has 1 aromatic carbocycles. The fourth-order valence-corrected chi connectivity index (χ4v) is 3.01. The number of anilines is 1. The van der Waals surface area contributed by atoms with E-state index in [2.05, 4.69) is 26.1 Å². The van der Waals surface area contributed by atoms with Gasteiger partial charge in [0.15, 0.2) is 0 Å². The number of rotatable bonds is 4. The molecule has 2 rings (SSSR count). The first kappa shape index (κ1) is 17.5. The van der Waals surface area contributed by atoms with Crippen molar-refractivity contribution in [1.29, 1.82) is 0 Å². The van der Waals surface area contributed by atoms with Crippen molar-refractivity contribution < 1.29 is 9.59 Å². The molecule has 0 bridgehead atoms. The second kappa shape index (κ2) is 7.16. The van der Waals surface area contributed by atoms with Gasteiger partial charge in [0.2, 0.25) is 11.8 Å². The summed E-state index contributed by atoms with van der Waals surface area (Å²) in [6, 6.07) is 8.18. The van der Waals surface area contributed by atoms with E-state index in [1.807, 2.05) is 24.3 Å². The zero-order chi connectivity index (χ0) is 17.0. The molecule has 23 heavy (non-hydrogen) atoms. The highest BCUT2D eigenvalue weighted by Gasteiger charge is 2.21. The van der Waals surface area contributed by atoms with Crippen molar-refractivity contribution in [1.82, 2.24) is 5.32 Å². The van der Waals surface area contributed by atoms with E-state index in [0.717, 1.165) is 18.5 Å². The number of carbonyl (C=O) groups excluding carboxylic acids is 2. The largest absolute Gasteiger partial charge is 0.352 e. The fraction of sp³-hybridized carbons (Fsp3) is 0.579. The molecule has 0 atom stereocenters. The summed E-state index contributed by atoms with van der Waals surface area (Å²) in [5.74, 6) is -0.193. The number of nitrogens with one attached hydrogen (secondary N) is 1. The van der Waals surface area contributed by atoms with Crippen molar-refractivity contribution in [2.45, 2.75) is 64.8 Å². The summed E-state index contributed by atoms with van der Waals surface area (Å²) in [6.07, 6.45) is 4.45. The lowest BCUT2D eigenvalue weighted by atomic mass is 9.87. The Labute approximate surface area is 139 Å². The van der Waals surface area contributed by atoms with Crippen LogP contribution in [0.25, 0.3) is 0 Å². The van der Waals surface area contributed by atoms with E-state index in [-0.39, 0.29) is 29.8 Å². The van der Waals surface area contributed by atoms with Gasteiger partial charge in [0.1, 0.15) is 6.54 Å². The average molecular weight is 316 g/mol. The first-order valence-corrected chi connectivity index (χ1v) is 8.45. The van der Waals surface area contributed by atoms with E-state index in [0.29, 0.717) is 0 Å². The number of hydrogen-bond acceptors (Lipinski definition) is 2. The molecule has 4 nitrogen and oxygen atoms in total. The lowest BCUT2D eigenvalue weighted by molar-refractivity contribution is -0.123. The quantitative estimate of drug-likeness (QED) is 0.925. The van der Waals surface area contributed by atoms with Gasteiger partial charge in [0, 0.05) is 18.7 Å². The van der Waals surface area contributed by atoms with Crippen molar-refractivity contribution in [3.05, 3.63) is 29.8 Å². The molecule has 1 fully saturated rings. The van der Waals surface area contributed by atoms with Crippen LogP contribution in [0, 0.1) is 0 Å². The van der Waals surface area contributed by atoms with Gasteiger partial charge in [-0.15, -0.1) is 0 Å². The van der Waals surface area contributed by atoms with Crippen LogP contribution in [0.3, 0.4) is 0 Å². The molecule has 1 aromatic rings. The number of nitrogens with zero attached hydrogens (tertiary/aromatic N) is 1. The van der Waals surface area contributed by atoms with E-state index >= 15 is 0 Å². The zero-order valence-electron chi connectivity index (χ0n) is 14.7. The molecule has 1 aliphatic rings. The van der Waals surface area contributed by atoms with E-state index in [9.17, 15) is 9.59 Å². The minimum atomic E-state index is -0.116. The van der Waals surface area contributed by atoms with Crippen molar-refractivity contribution in [3.8, 4) is 0 Å². The molecule has 1 N–H and O–H groups in total. The molecule has 4 heteroatoms. The lowest BCUT2D eigenvalue weighted by Crippen LogP contribution is -2.43. The van der Waals surface area contributed by atoms with Crippen LogP contribution in [0.15, 0.2) is 24.3 Å². The summed E-state index contributed by atoms with van der Waals surface area (Å²) in [7, 11) is 0. The molecule has 126 valence electrons. The molecule has 0 aliphatic heterocycles. The van der Waals surface area contributed by atoms with Gasteiger partial charge in [-0.25, -0.2) is 0 Å². The highest BCUT2D eigenvalue weighted by Crippen LogP contribution is 2.25. The number of hydrogen-bond donors (Lipinski definition) is 1. The highest BCUT2D eigenvalue weighted by atomic mass is 16.2. The predicted octanol–water partition coefficient (Wildman–Crippen LogP) is 3.40. The Bertz CT molecular complexity index is 552. The van der Waals surface area contributed by atoms with Gasteiger partial charge in [0.25, 0.3) is 0 Å². The smallest absolute Gasteiger partial charge is 0.240 e. The maximum Gasteiger partial charge on any atom is 0.240 e. The van der Waals surface area contributed by atoms with E-state index in [1.54, 1.807) is 0 Å². The van der Waals surface area contributed by atoms with Gasteiger partial charge in [-0.2, -0.15) is 0 Å². The summed E-state index contributed by atoms with van der Waals surface area (Å²) < 4.78 is 0. The normalized spacial score (nSPS) is 15.5. The Morgan fingerprint density at radius 3 is 2.17 bits per heavy atom. The van der Waals surface area contributed by atoms with Crippen LogP contribution in [0.2, 0.25) is 0 Å². The number of amides is 2. The van der Waals surface area contributed by atoms with Crippen LogP contribution in [0.1, 0.15) is 58.9 Å². The summed E-state index contributed by atoms with van der Waals surface area (Å²) >= 11 is 0. The van der Waals surface area contributed by atoms with Crippen molar-refractivity contribution in [2.75, 3.05) is 11.4 Å². The maximum absolute atomic E-state index is 12.2. The third-order valence-corrected chi connectivity index (χ3v) is 4.45. The summed E-state index contributed by atoms with van der Waals surface area (Å²) in [6.45, 7) is 8.04. The van der Waals surface area contributed by atoms with Crippen LogP contribution in [-0.4, -0.2) is 24.4 Å². The molecule has 1 aliphatic carbocycles. The van der Waals surface area contributed by atoms with Crippen LogP contribution < -0.4 is 10.2 Å². The molecule has 0 radical (unpaired) electrons. The van der Waals surface area contributed by atoms with E-state index in [4.69, 9.17) is 0 Å². The van der Waals surface area contributed by atoms with Crippen molar-refractivity contribution in [2.24, 2.45) is 0 Å². The van der Waals surface area contributed by atoms with E-state index < -0.39 is 0 Å². The number of carbonyl (C=O) groups is 2. The summed E-state index contributed by atoms with van der Waals surface area (Å²) in [4.78, 5) is 25.7. The molecule has 0 aromatic heterocycles. The van der Waals surface area contributed by atoms with Crippen LogP contribution in [0.5, 0.6) is 0 Å². The van der Waals surface area contributed by atoms with Gasteiger partial charge >= 0.3 is 0 Å². The number of benzene rings is 1. The standard InChI is InChI=1S/C19H28N2O2/c1-14(22)21(13-18(23)20-16-7-5-6-8-16)17-11-9-15(10-12-17)19(2,3)4/h9-12,16H,5-8,13H2,1-4H3,(H,20,23). The topological polar surface area (TPSA) is 49.4 Å². The van der Waals surface area contributed by atoms with Gasteiger partial charge in [-0.3, -0.25) is 9.59 Å². The highest BCUT2D eigenvalue weighted by molar-refractivity contribution is 5.97. The molecular formula is C19H28N2O2. The summed E-state index contributed by atoms with van der Waals surface area (Å²) in [5, 5.41) is 3.04. The van der Waals surface area contributed by atoms with Crippen LogP contribution in [0.4, 0.5) is 5.69 Å². The predicted molar refractivity (Wildman–Crippen MR) is 93.6 cm³/mol. The van der Waals surface area contributed by atoms with Gasteiger partial charge < -0.3 is 10.2 Å². The Hall–Kier alpha value is -1.84. The van der Waals surface area contributed by atoms with Gasteiger partial charge in [0.05, 0.1) is 0 Å². The molecule has 0 saturated heterocycles. The Morgan fingerprint density at radius 2 is 1.70 bits per heavy atom. The fourth-order valence-electron chi connectivity index (χ4n) is 3.01. The monoisotopic (exact) mass is 316 g/mol. The first-order chi connectivity index (χ1) is 10.8. The lowest BCUT2D eigenvalue weighted by Gasteiger charge is -2.24. The Balaban J connectivity index is 2.05. The minimum absolute atomic E-state index is 0.0689. The molecule has 0 unspecified atom stereocenters. The van der Waals surface area contributed by atoms with Crippen molar-refractivity contribution in [3.63, 3.8) is 0 Å². The third kappa shape index (κ3) is 4.81. The van der Waals surface area contributed by atoms with Crippen molar-refractivity contribution >= 4 is 17.5 Å². The molecule has 0 heterocycles. The van der Waals surface area contributed by atoms with Crippen LogP contribution in [-0.2, 0) is 15.0 Å². The third-order valence-electron chi connectivity index (χ3n) is 4.45. The molecular weight excluding hydrogens is 288 g/mol. The van der Waals surface area contributed by atoms with Gasteiger partial charge in [-0.05, 0) is 36.0 Å².